The summed E-state index contributed by atoms with van der Waals surface area (Å²) in [6.07, 6.45) is 35.1. The summed E-state index contributed by atoms with van der Waals surface area (Å²) >= 11 is 0. The first kappa shape index (κ1) is 79.2. The normalized spacial score (nSPS) is 14.9. The molecule has 0 fully saturated rings. The summed E-state index contributed by atoms with van der Waals surface area (Å²) in [4.78, 5) is 94.9. The number of pyridine rings is 1. The standard InChI is InChI=1S/C62H110N5O15P.Tm/c1-3-5-7-9-11-13-15-17-19-21-23-25-27-29-31-39-60(73)79-51-55(82-61(74)40-32-30-28-26-24-22-20-18-16-14-12-10-8-6-4-2)52-81-83(77,78)80-46-41-63-57(68)38-34-37-56(62(75)76)67-44-42-65(49-58(69)70)47-53-35-33-36-54(64-53)48-66(43-45-67)50-59(71)72;/h33,35-36,55-56H,3-32,34,37-52H2,1-2H3,(H,63,68)(H,69,70)(H,71,72)(H,75,76)(H,77,78);/t55-,56?;/m1./s1. The molecule has 1 amide bonds. The van der Waals surface area contributed by atoms with E-state index >= 15 is 0 Å². The molecule has 20 nitrogen and oxygen atoms in total. The van der Waals surface area contributed by atoms with Crippen molar-refractivity contribution >= 4 is 43.6 Å². The number of carboxylic acids is 3. The summed E-state index contributed by atoms with van der Waals surface area (Å²) in [5.41, 5.74) is 1.18. The Bertz CT molecular complexity index is 1910. The van der Waals surface area contributed by atoms with E-state index in [9.17, 15) is 53.5 Å². The second-order valence-corrected chi connectivity index (χ2v) is 24.2. The van der Waals surface area contributed by atoms with Gasteiger partial charge in [0.15, 0.2) is 6.10 Å². The summed E-state index contributed by atoms with van der Waals surface area (Å²) < 4.78 is 34.4. The van der Waals surface area contributed by atoms with E-state index in [4.69, 9.17) is 18.5 Å². The van der Waals surface area contributed by atoms with Gasteiger partial charge in [0.1, 0.15) is 12.6 Å². The Morgan fingerprint density at radius 1 is 0.560 bits per heavy atom. The van der Waals surface area contributed by atoms with Crippen LogP contribution in [0.4, 0.5) is 0 Å². The van der Waals surface area contributed by atoms with Crippen LogP contribution in [0.15, 0.2) is 18.2 Å². The van der Waals surface area contributed by atoms with Crippen molar-refractivity contribution in [3.63, 3.8) is 0 Å². The van der Waals surface area contributed by atoms with Gasteiger partial charge in [0.05, 0.1) is 37.7 Å². The predicted octanol–water partition coefficient (Wildman–Crippen LogP) is 12.0. The van der Waals surface area contributed by atoms with E-state index in [0.717, 1.165) is 38.5 Å². The molecular weight excluding hydrogens is 1250 g/mol. The molecule has 1 radical (unpaired) electrons. The molecule has 1 aromatic rings. The van der Waals surface area contributed by atoms with Gasteiger partial charge in [-0.05, 0) is 37.8 Å². The molecule has 0 spiro atoms. The SMILES string of the molecule is CCCCCCCCCCCCCCCCCC(=O)OC[C@H](COP(=O)(O)OCCNC(=O)CCCC(C(=O)O)N1CCN(CC(=O)O)Cc2cccc(n2)CN(CC(=O)O)CC1)OC(=O)CCCCCCCCCCCCCCCCC.[Tm]. The average Bonchev–Trinajstić information content (AvgIpc) is 3.63. The number of aliphatic carboxylic acids is 3. The molecule has 22 heteroatoms. The molecule has 2 unspecified atom stereocenters. The number of unbranched alkanes of at least 4 members (excludes halogenated alkanes) is 28. The van der Waals surface area contributed by atoms with Crippen LogP contribution in [0.3, 0.4) is 0 Å². The molecule has 84 heavy (non-hydrogen) atoms. The molecule has 1 aliphatic heterocycles. The maximum Gasteiger partial charge on any atom is 0.472 e. The Kier molecular flexibility index (Phi) is 49.2. The average molecular weight is 1370 g/mol. The van der Waals surface area contributed by atoms with Gasteiger partial charge < -0.3 is 35.0 Å². The molecule has 1 aliphatic rings. The maximum absolute atomic E-state index is 13.0. The van der Waals surface area contributed by atoms with Crippen molar-refractivity contribution in [2.24, 2.45) is 0 Å². The second-order valence-electron chi connectivity index (χ2n) is 22.8. The van der Waals surface area contributed by atoms with Crippen molar-refractivity contribution in [2.45, 2.75) is 264 Å². The molecule has 0 aromatic carbocycles. The largest absolute Gasteiger partial charge is 0.480 e. The van der Waals surface area contributed by atoms with Gasteiger partial charge in [-0.2, -0.15) is 0 Å². The first-order chi connectivity index (χ1) is 40.1. The first-order valence-corrected chi connectivity index (χ1v) is 33.6. The van der Waals surface area contributed by atoms with Crippen molar-refractivity contribution in [3.8, 4) is 0 Å². The number of fused-ring (bicyclic) bond motifs is 2. The van der Waals surface area contributed by atoms with E-state index < -0.39 is 68.9 Å². The molecule has 2 rings (SSSR count). The number of hydrogen-bond acceptors (Lipinski definition) is 15. The van der Waals surface area contributed by atoms with Crippen molar-refractivity contribution in [1.82, 2.24) is 25.0 Å². The number of esters is 2. The number of aromatic nitrogens is 1. The van der Waals surface area contributed by atoms with Gasteiger partial charge in [-0.3, -0.25) is 57.5 Å². The van der Waals surface area contributed by atoms with Crippen molar-refractivity contribution in [2.75, 3.05) is 65.6 Å². The van der Waals surface area contributed by atoms with Gasteiger partial charge >= 0.3 is 37.7 Å². The van der Waals surface area contributed by atoms with E-state index in [1.165, 1.54) is 141 Å². The summed E-state index contributed by atoms with van der Waals surface area (Å²) in [5, 5.41) is 32.2. The fourth-order valence-electron chi connectivity index (χ4n) is 10.4. The third kappa shape index (κ3) is 44.6. The minimum absolute atomic E-state index is 0. The van der Waals surface area contributed by atoms with E-state index in [-0.39, 0.29) is 134 Å². The van der Waals surface area contributed by atoms with E-state index in [1.807, 2.05) is 0 Å². The first-order valence-electron chi connectivity index (χ1n) is 32.1. The molecule has 2 heterocycles. The number of carbonyl (C=O) groups is 6. The van der Waals surface area contributed by atoms with Crippen LogP contribution in [-0.2, 0) is 64.9 Å². The van der Waals surface area contributed by atoms with Gasteiger partial charge in [-0.25, -0.2) is 4.57 Å². The molecule has 0 saturated carbocycles. The minimum atomic E-state index is -4.74. The molecule has 5 N–H and O–H groups in total. The zero-order chi connectivity index (χ0) is 60.6. The smallest absolute Gasteiger partial charge is 0.472 e. The van der Waals surface area contributed by atoms with Crippen LogP contribution in [0.5, 0.6) is 0 Å². The number of nitrogens with zero attached hydrogens (tertiary/aromatic N) is 4. The molecule has 0 aliphatic carbocycles. The van der Waals surface area contributed by atoms with Gasteiger partial charge in [0.25, 0.3) is 0 Å². The Balaban J connectivity index is 0.0000353. The fraction of sp³-hybridized carbons (Fsp3) is 0.823. The summed E-state index contributed by atoms with van der Waals surface area (Å²) in [7, 11) is -4.74. The van der Waals surface area contributed by atoms with E-state index in [2.05, 4.69) is 24.1 Å². The Hall–Kier alpha value is -2.81. The van der Waals surface area contributed by atoms with Crippen LogP contribution in [0, 0.1) is 36.9 Å². The van der Waals surface area contributed by atoms with Gasteiger partial charge in [-0.1, -0.05) is 200 Å². The number of carbonyl (C=O) groups excluding carboxylic acids is 3. The number of nitrogens with one attached hydrogen (secondary N) is 1. The Labute approximate surface area is 533 Å². The Morgan fingerprint density at radius 3 is 1.39 bits per heavy atom. The van der Waals surface area contributed by atoms with Gasteiger partial charge in [-0.15, -0.1) is 0 Å². The van der Waals surface area contributed by atoms with Gasteiger partial charge in [0.2, 0.25) is 5.91 Å². The van der Waals surface area contributed by atoms with Crippen LogP contribution >= 0.6 is 7.82 Å². The van der Waals surface area contributed by atoms with Crippen LogP contribution < -0.4 is 5.32 Å². The van der Waals surface area contributed by atoms with Crippen LogP contribution in [0.2, 0.25) is 0 Å². The van der Waals surface area contributed by atoms with Crippen molar-refractivity contribution in [3.05, 3.63) is 29.6 Å². The quantitative estimate of drug-likeness (QED) is 0.0230. The zero-order valence-corrected chi connectivity index (χ0v) is 54.1. The summed E-state index contributed by atoms with van der Waals surface area (Å²) in [6, 6.07) is 4.19. The molecule has 3 atom stereocenters. The second kappa shape index (κ2) is 52.2. The summed E-state index contributed by atoms with van der Waals surface area (Å²) in [5.74, 6) is -4.74. The number of carboxylic acid groups (broad SMARTS) is 3. The fourth-order valence-corrected chi connectivity index (χ4v) is 11.2. The number of hydrogen-bond donors (Lipinski definition) is 5. The predicted molar refractivity (Wildman–Crippen MR) is 322 cm³/mol. The molecule has 491 valence electrons. The molecule has 1 aromatic heterocycles. The maximum atomic E-state index is 13.0. The minimum Gasteiger partial charge on any atom is -0.480 e. The Morgan fingerprint density at radius 2 is 0.976 bits per heavy atom. The number of ether oxygens (including phenoxy) is 2. The number of phosphoric acid groups is 1. The monoisotopic (exact) mass is 1360 g/mol. The number of phosphoric ester groups is 1. The topological polar surface area (TPSA) is 272 Å². The van der Waals surface area contributed by atoms with Crippen molar-refractivity contribution < 1.29 is 109 Å². The van der Waals surface area contributed by atoms with Gasteiger partial charge in [0, 0.05) is 102 Å². The van der Waals surface area contributed by atoms with Crippen LogP contribution in [-0.4, -0.2) is 153 Å². The van der Waals surface area contributed by atoms with Crippen molar-refractivity contribution in [1.29, 1.82) is 0 Å². The third-order valence-electron chi connectivity index (χ3n) is 15.2. The third-order valence-corrected chi connectivity index (χ3v) is 16.2. The van der Waals surface area contributed by atoms with Crippen LogP contribution in [0.1, 0.15) is 250 Å². The summed E-state index contributed by atoms with van der Waals surface area (Å²) in [6.45, 7) is 3.30. The number of rotatable bonds is 52. The van der Waals surface area contributed by atoms with E-state index in [0.29, 0.717) is 24.2 Å². The zero-order valence-electron chi connectivity index (χ0n) is 51.4. The van der Waals surface area contributed by atoms with Crippen LogP contribution in [0.25, 0.3) is 0 Å². The molecule has 2 bridgehead atoms. The molecule has 0 saturated heterocycles. The van der Waals surface area contributed by atoms with E-state index in [1.54, 1.807) is 32.9 Å². The number of amides is 1. The molecular formula is C62H110N5O15PTm.